The molecule has 3 heterocycles. The Hall–Kier alpha value is -7.49. The van der Waals surface area contributed by atoms with E-state index >= 15 is 0 Å². The number of hydrogen-bond donors (Lipinski definition) is 11. The molecule has 1 aromatic heterocycles. The van der Waals surface area contributed by atoms with Gasteiger partial charge in [0, 0.05) is 78.2 Å². The van der Waals surface area contributed by atoms with Crippen LogP contribution in [-0.4, -0.2) is 94.1 Å². The highest BCUT2D eigenvalue weighted by molar-refractivity contribution is 7.66. The van der Waals surface area contributed by atoms with Gasteiger partial charge in [-0.3, -0.25) is 33.8 Å². The Kier molecular flexibility index (Phi) is 17.9. The van der Waals surface area contributed by atoms with Crippen molar-refractivity contribution in [3.8, 4) is 22.5 Å². The van der Waals surface area contributed by atoms with Crippen molar-refractivity contribution in [3.05, 3.63) is 148 Å². The molecule has 29 nitrogen and oxygen atoms in total. The maximum atomic E-state index is 13.9. The summed E-state index contributed by atoms with van der Waals surface area (Å²) in [6, 6.07) is 14.9. The van der Waals surface area contributed by atoms with Gasteiger partial charge in [0.2, 0.25) is 0 Å². The largest absolute Gasteiger partial charge is 0.490 e. The lowest BCUT2D eigenvalue weighted by Crippen LogP contribution is -2.33. The fourth-order valence-electron chi connectivity index (χ4n) is 8.37. The first kappa shape index (κ1) is 59.2. The van der Waals surface area contributed by atoms with Crippen LogP contribution in [0.4, 0.5) is 16.2 Å². The number of nitrogens with one attached hydrogen (secondary N) is 5. The van der Waals surface area contributed by atoms with E-state index in [4.69, 9.17) is 29.1 Å². The van der Waals surface area contributed by atoms with Gasteiger partial charge >= 0.3 is 41.2 Å². The lowest BCUT2D eigenvalue weighted by molar-refractivity contribution is -0.386. The SMILES string of the molecule is CCNc1cc2oc3cc(=N)c(C)cc-3c(-c3cc(C(=O)NCc4ccc([N+](=O)[O-])c(C(C)OC(=O)NC/C=C/c5cn([C@H]6C[C@@H](O)[C@@H](COP(=O)(O)OP(=O)(O)OP(=O)(O)O)O6)c(=O)[nH]c5=O)c4)ccc3C(=O)O)c2cc1C. The van der Waals surface area contributed by atoms with Gasteiger partial charge in [-0.25, -0.2) is 28.1 Å². The molecule has 32 heteroatoms. The maximum absolute atomic E-state index is 13.9. The number of carboxylic acids is 1. The normalized spacial score (nSPS) is 17.5. The van der Waals surface area contributed by atoms with Crippen LogP contribution in [0, 0.1) is 29.4 Å². The number of carboxylic acid groups (broad SMARTS) is 1. The molecule has 0 radical (unpaired) electrons. The van der Waals surface area contributed by atoms with E-state index in [1.165, 1.54) is 55.5 Å². The summed E-state index contributed by atoms with van der Waals surface area (Å²) in [4.78, 5) is 115. The molecule has 4 aromatic rings. The summed E-state index contributed by atoms with van der Waals surface area (Å²) in [6.07, 6.45) is -3.58. The van der Waals surface area contributed by atoms with Gasteiger partial charge in [-0.15, -0.1) is 0 Å². The van der Waals surface area contributed by atoms with E-state index < -0.39 is 94.4 Å². The molecule has 0 spiro atoms. The third-order valence-corrected chi connectivity index (χ3v) is 15.8. The summed E-state index contributed by atoms with van der Waals surface area (Å²) in [5, 5.41) is 50.6. The number of nitro benzene ring substituents is 1. The monoisotopic (exact) mass is 1160 g/mol. The minimum atomic E-state index is -5.84. The van der Waals surface area contributed by atoms with Gasteiger partial charge in [0.1, 0.15) is 29.8 Å². The number of nitro groups is 1. The highest BCUT2D eigenvalue weighted by atomic mass is 31.3. The van der Waals surface area contributed by atoms with Crippen molar-refractivity contribution >= 4 is 69.9 Å². The van der Waals surface area contributed by atoms with Crippen LogP contribution in [0.5, 0.6) is 0 Å². The molecule has 3 unspecified atom stereocenters. The molecule has 79 heavy (non-hydrogen) atoms. The molecule has 6 atom stereocenters. The number of aryl methyl sites for hydroxylation is 2. The first-order valence-corrected chi connectivity index (χ1v) is 27.9. The lowest BCUT2D eigenvalue weighted by atomic mass is 9.88. The van der Waals surface area contributed by atoms with Gasteiger partial charge in [-0.05, 0) is 86.3 Å². The molecule has 2 amide bonds. The summed E-state index contributed by atoms with van der Waals surface area (Å²) in [6.45, 7) is 6.01. The molecule has 1 fully saturated rings. The second-order valence-electron chi connectivity index (χ2n) is 17.6. The Morgan fingerprint density at radius 3 is 2.39 bits per heavy atom. The number of phosphoric acid groups is 3. The number of carbonyl (C=O) groups excluding carboxylic acids is 2. The number of benzene rings is 4. The van der Waals surface area contributed by atoms with Crippen LogP contribution < -0.4 is 32.6 Å². The molecule has 3 aromatic carbocycles. The van der Waals surface area contributed by atoms with E-state index in [2.05, 4.69) is 29.1 Å². The molecular formula is C47H50N7O22P3. The highest BCUT2D eigenvalue weighted by Gasteiger charge is 2.43. The molecule has 420 valence electrons. The molecule has 0 saturated carbocycles. The number of hydrogen-bond acceptors (Lipinski definition) is 19. The second-order valence-corrected chi connectivity index (χ2v) is 22.1. The second kappa shape index (κ2) is 23.9. The summed E-state index contributed by atoms with van der Waals surface area (Å²) >= 11 is 0. The predicted octanol–water partition coefficient (Wildman–Crippen LogP) is 5.61. The van der Waals surface area contributed by atoms with Gasteiger partial charge in [0.15, 0.2) is 0 Å². The molecule has 1 aliphatic carbocycles. The fraction of sp³-hybridized carbons (Fsp3) is 0.277. The van der Waals surface area contributed by atoms with Crippen molar-refractivity contribution < 1.29 is 89.8 Å². The smallest absolute Gasteiger partial charge is 0.478 e. The Balaban J connectivity index is 1.01. The molecule has 11 N–H and O–H groups in total. The van der Waals surface area contributed by atoms with E-state index in [1.807, 2.05) is 24.9 Å². The average molecular weight is 1160 g/mol. The van der Waals surface area contributed by atoms with E-state index in [0.29, 0.717) is 45.5 Å². The minimum Gasteiger partial charge on any atom is -0.478 e. The Labute approximate surface area is 444 Å². The molecule has 2 aliphatic heterocycles. The zero-order chi connectivity index (χ0) is 57.9. The topological polar surface area (TPSA) is 441 Å². The van der Waals surface area contributed by atoms with Crippen molar-refractivity contribution in [1.82, 2.24) is 20.2 Å². The van der Waals surface area contributed by atoms with Crippen LogP contribution in [-0.2, 0) is 42.9 Å². The zero-order valence-electron chi connectivity index (χ0n) is 41.8. The number of aromatic nitrogens is 2. The number of aliphatic hydroxyl groups excluding tert-OH is 1. The summed E-state index contributed by atoms with van der Waals surface area (Å²) in [7, 11) is -17.1. The number of ether oxygens (including phenoxy) is 2. The predicted molar refractivity (Wildman–Crippen MR) is 277 cm³/mol. The summed E-state index contributed by atoms with van der Waals surface area (Å²) in [5.74, 6) is -1.58. The number of H-pyrrole nitrogens is 1. The molecule has 3 aliphatic rings. The van der Waals surface area contributed by atoms with Crippen LogP contribution in [0.2, 0.25) is 0 Å². The van der Waals surface area contributed by atoms with Gasteiger partial charge < -0.3 is 65.0 Å². The van der Waals surface area contributed by atoms with Crippen LogP contribution in [0.15, 0.2) is 86.9 Å². The first-order valence-electron chi connectivity index (χ1n) is 23.3. The number of carbonyl (C=O) groups is 3. The minimum absolute atomic E-state index is 0.0493. The third kappa shape index (κ3) is 14.4. The number of phosphoric ester groups is 1. The lowest BCUT2D eigenvalue weighted by Gasteiger charge is -2.20. The van der Waals surface area contributed by atoms with Gasteiger partial charge in [-0.2, -0.15) is 8.62 Å². The van der Waals surface area contributed by atoms with Gasteiger partial charge in [0.05, 0.1) is 39.7 Å². The number of aliphatic hydroxyl groups is 1. The van der Waals surface area contributed by atoms with E-state index in [1.54, 1.807) is 25.1 Å². The van der Waals surface area contributed by atoms with E-state index in [-0.39, 0.29) is 52.7 Å². The van der Waals surface area contributed by atoms with Gasteiger partial charge in [0.25, 0.3) is 17.2 Å². The van der Waals surface area contributed by atoms with Crippen molar-refractivity contribution in [3.63, 3.8) is 0 Å². The molecule has 7 rings (SSSR count). The van der Waals surface area contributed by atoms with Crippen LogP contribution in [0.3, 0.4) is 0 Å². The number of aromatic carboxylic acids is 1. The maximum Gasteiger partial charge on any atom is 0.490 e. The highest BCUT2D eigenvalue weighted by Crippen LogP contribution is 2.66. The Morgan fingerprint density at radius 2 is 1.71 bits per heavy atom. The van der Waals surface area contributed by atoms with Crippen LogP contribution in [0.25, 0.3) is 39.5 Å². The Morgan fingerprint density at radius 1 is 0.975 bits per heavy atom. The number of alkyl carbamates (subject to hydrolysis) is 1. The number of aromatic amines is 1. The number of rotatable bonds is 21. The summed E-state index contributed by atoms with van der Waals surface area (Å²) < 4.78 is 64.5. The van der Waals surface area contributed by atoms with E-state index in [0.717, 1.165) is 22.0 Å². The van der Waals surface area contributed by atoms with Gasteiger partial charge in [-0.1, -0.05) is 18.2 Å². The quantitative estimate of drug-likeness (QED) is 0.0180. The molecule has 1 saturated heterocycles. The van der Waals surface area contributed by atoms with Crippen molar-refractivity contribution in [2.75, 3.05) is 25.0 Å². The molecular weight excluding hydrogens is 1110 g/mol. The van der Waals surface area contributed by atoms with Crippen molar-refractivity contribution in [2.45, 2.75) is 65.2 Å². The van der Waals surface area contributed by atoms with Crippen LogP contribution in [0.1, 0.15) is 81.1 Å². The number of amides is 2. The number of nitrogens with zero attached hydrogens (tertiary/aromatic N) is 2. The van der Waals surface area contributed by atoms with Crippen molar-refractivity contribution in [1.29, 1.82) is 5.41 Å². The number of anilines is 1. The first-order chi connectivity index (χ1) is 37.0. The van der Waals surface area contributed by atoms with Crippen LogP contribution >= 0.6 is 23.5 Å². The number of fused-ring (bicyclic) bond motifs is 2. The zero-order valence-corrected chi connectivity index (χ0v) is 44.5. The van der Waals surface area contributed by atoms with Crippen molar-refractivity contribution in [2.24, 2.45) is 0 Å². The molecule has 0 bridgehead atoms. The standard InChI is InChI=1S/C47H50N7O22P3/c1-5-49-35-18-39-33(14-24(35)3)42(32-13-23(2)34(48)17-38(32)73-39)31-16-27(9-10-29(31)45(58)59)43(56)51-20-26-8-11-36(54(62)63)30(15-26)25(4)72-47(61)50-12-6-7-28-21-53(46(60)52-44(28)57)41-19-37(55)40(74-41)22-71-78(67,68)76-79(69,70)75-77(64,65)66/h6-11,13-18,21,25,37,40-41,48-49,55H,5,12,19-20,22H2,1-4H3,(H,50,61)(H,51,56)(H,58,59)(H,67,68)(H,69,70)(H,52,57,60)(H2,64,65,66)/b7-6+,48-34?/t25?,37-,40-,41-/m1/s1. The third-order valence-electron chi connectivity index (χ3n) is 12.0. The van der Waals surface area contributed by atoms with E-state index in [9.17, 15) is 67.8 Å². The fourth-order valence-corrected chi connectivity index (χ4v) is 11.4. The average Bonchev–Trinajstić information content (AvgIpc) is 3.93. The Bertz CT molecular complexity index is 3740. The summed E-state index contributed by atoms with van der Waals surface area (Å²) in [5.41, 5.74) is 1.54.